The molecule has 0 bridgehead atoms. The summed E-state index contributed by atoms with van der Waals surface area (Å²) in [6.45, 7) is 4.18. The first-order valence-corrected chi connectivity index (χ1v) is 3.98. The second-order valence-corrected chi connectivity index (χ2v) is 3.23. The molecule has 0 spiro atoms. The molecule has 66 valence electrons. The Kier molecular flexibility index (Phi) is 2.53. The lowest BCUT2D eigenvalue weighted by Gasteiger charge is -1.98. The van der Waals surface area contributed by atoms with Gasteiger partial charge in [-0.1, -0.05) is 13.8 Å². The Morgan fingerprint density at radius 2 is 2.25 bits per heavy atom. The van der Waals surface area contributed by atoms with Crippen molar-refractivity contribution in [2.75, 3.05) is 0 Å². The van der Waals surface area contributed by atoms with Crippen molar-refractivity contribution in [2.45, 2.75) is 20.3 Å². The highest BCUT2D eigenvalue weighted by Crippen LogP contribution is 2.11. The van der Waals surface area contributed by atoms with Crippen LogP contribution in [0.25, 0.3) is 0 Å². The van der Waals surface area contributed by atoms with Gasteiger partial charge >= 0.3 is 0 Å². The van der Waals surface area contributed by atoms with E-state index in [1.165, 1.54) is 0 Å². The van der Waals surface area contributed by atoms with Gasteiger partial charge in [0, 0.05) is 6.42 Å². The van der Waals surface area contributed by atoms with Crippen molar-refractivity contribution in [1.82, 2.24) is 0 Å². The van der Waals surface area contributed by atoms with E-state index in [9.17, 15) is 4.79 Å². The van der Waals surface area contributed by atoms with Crippen LogP contribution < -0.4 is 5.73 Å². The standard InChI is InChI=1S/C9H13NO2/c1-6(2)5-7-3-4-8(12-7)9(10)11/h3-4,6H,5H2,1-2H3,(H2,10,11). The fourth-order valence-corrected chi connectivity index (χ4v) is 1.02. The third-order valence-corrected chi connectivity index (χ3v) is 1.51. The van der Waals surface area contributed by atoms with Gasteiger partial charge in [-0.05, 0) is 18.1 Å². The number of rotatable bonds is 3. The fourth-order valence-electron chi connectivity index (χ4n) is 1.02. The predicted octanol–water partition coefficient (Wildman–Crippen LogP) is 1.58. The molecular weight excluding hydrogens is 154 g/mol. The Bertz CT molecular complexity index is 276. The highest BCUT2D eigenvalue weighted by Gasteiger charge is 2.07. The van der Waals surface area contributed by atoms with Crippen LogP contribution in [0.4, 0.5) is 0 Å². The van der Waals surface area contributed by atoms with Crippen LogP contribution in [0.5, 0.6) is 0 Å². The monoisotopic (exact) mass is 167 g/mol. The van der Waals surface area contributed by atoms with Crippen molar-refractivity contribution >= 4 is 5.91 Å². The third-order valence-electron chi connectivity index (χ3n) is 1.51. The van der Waals surface area contributed by atoms with E-state index in [1.807, 2.05) is 0 Å². The van der Waals surface area contributed by atoms with E-state index in [1.54, 1.807) is 12.1 Å². The largest absolute Gasteiger partial charge is 0.456 e. The quantitative estimate of drug-likeness (QED) is 0.743. The summed E-state index contributed by atoms with van der Waals surface area (Å²) in [6.07, 6.45) is 0.841. The number of hydrogen-bond acceptors (Lipinski definition) is 2. The van der Waals surface area contributed by atoms with Gasteiger partial charge in [-0.2, -0.15) is 0 Å². The Balaban J connectivity index is 2.71. The number of amides is 1. The van der Waals surface area contributed by atoms with E-state index in [2.05, 4.69) is 13.8 Å². The number of primary amides is 1. The average Bonchev–Trinajstić information content (AvgIpc) is 2.34. The SMILES string of the molecule is CC(C)Cc1ccc(C(N)=O)o1. The maximum atomic E-state index is 10.6. The normalized spacial score (nSPS) is 10.6. The van der Waals surface area contributed by atoms with Crippen molar-refractivity contribution in [2.24, 2.45) is 11.7 Å². The van der Waals surface area contributed by atoms with Gasteiger partial charge in [0.15, 0.2) is 5.76 Å². The van der Waals surface area contributed by atoms with E-state index in [-0.39, 0.29) is 5.76 Å². The number of furan rings is 1. The van der Waals surface area contributed by atoms with Gasteiger partial charge in [-0.15, -0.1) is 0 Å². The molecule has 0 saturated carbocycles. The zero-order chi connectivity index (χ0) is 9.14. The molecule has 0 fully saturated rings. The predicted molar refractivity (Wildman–Crippen MR) is 45.8 cm³/mol. The van der Waals surface area contributed by atoms with Crippen LogP contribution in [0.2, 0.25) is 0 Å². The number of nitrogens with two attached hydrogens (primary N) is 1. The van der Waals surface area contributed by atoms with Gasteiger partial charge in [0.1, 0.15) is 5.76 Å². The minimum Gasteiger partial charge on any atom is -0.456 e. The van der Waals surface area contributed by atoms with Gasteiger partial charge in [-0.25, -0.2) is 0 Å². The zero-order valence-corrected chi connectivity index (χ0v) is 7.33. The molecule has 2 N–H and O–H groups in total. The van der Waals surface area contributed by atoms with Crippen molar-refractivity contribution in [3.8, 4) is 0 Å². The summed E-state index contributed by atoms with van der Waals surface area (Å²) in [7, 11) is 0. The topological polar surface area (TPSA) is 56.2 Å². The molecule has 0 unspecified atom stereocenters. The van der Waals surface area contributed by atoms with Crippen LogP contribution in [0, 0.1) is 5.92 Å². The van der Waals surface area contributed by atoms with Gasteiger partial charge in [0.2, 0.25) is 0 Å². The first-order chi connectivity index (χ1) is 5.59. The number of carbonyl (C=O) groups is 1. The smallest absolute Gasteiger partial charge is 0.284 e. The Morgan fingerprint density at radius 3 is 2.67 bits per heavy atom. The molecule has 1 aromatic heterocycles. The number of carbonyl (C=O) groups excluding carboxylic acids is 1. The minimum atomic E-state index is -0.509. The first kappa shape index (κ1) is 8.84. The molecule has 12 heavy (non-hydrogen) atoms. The Morgan fingerprint density at radius 1 is 1.58 bits per heavy atom. The lowest BCUT2D eigenvalue weighted by molar-refractivity contribution is 0.0972. The summed E-state index contributed by atoms with van der Waals surface area (Å²) >= 11 is 0. The molecule has 1 aromatic rings. The summed E-state index contributed by atoms with van der Waals surface area (Å²) in [5.74, 6) is 1.08. The second kappa shape index (κ2) is 3.43. The van der Waals surface area contributed by atoms with E-state index >= 15 is 0 Å². The molecule has 0 aliphatic heterocycles. The fraction of sp³-hybridized carbons (Fsp3) is 0.444. The van der Waals surface area contributed by atoms with Gasteiger partial charge in [0.25, 0.3) is 5.91 Å². The van der Waals surface area contributed by atoms with Gasteiger partial charge < -0.3 is 10.2 Å². The second-order valence-electron chi connectivity index (χ2n) is 3.23. The highest BCUT2D eigenvalue weighted by atomic mass is 16.3. The molecule has 0 atom stereocenters. The molecular formula is C9H13NO2. The molecule has 3 nitrogen and oxygen atoms in total. The van der Waals surface area contributed by atoms with Crippen molar-refractivity contribution in [3.05, 3.63) is 23.7 Å². The van der Waals surface area contributed by atoms with Crippen LogP contribution >= 0.6 is 0 Å². The summed E-state index contributed by atoms with van der Waals surface area (Å²) in [6, 6.07) is 3.40. The summed E-state index contributed by atoms with van der Waals surface area (Å²) < 4.78 is 5.18. The first-order valence-electron chi connectivity index (χ1n) is 3.98. The van der Waals surface area contributed by atoms with Gasteiger partial charge in [0.05, 0.1) is 0 Å². The van der Waals surface area contributed by atoms with Crippen molar-refractivity contribution in [1.29, 1.82) is 0 Å². The van der Waals surface area contributed by atoms with E-state index in [0.29, 0.717) is 5.92 Å². The lowest BCUT2D eigenvalue weighted by atomic mass is 10.1. The van der Waals surface area contributed by atoms with Crippen LogP contribution in [0.3, 0.4) is 0 Å². The molecule has 1 amide bonds. The highest BCUT2D eigenvalue weighted by molar-refractivity contribution is 5.89. The molecule has 0 aliphatic carbocycles. The van der Waals surface area contributed by atoms with E-state index in [4.69, 9.17) is 10.2 Å². The van der Waals surface area contributed by atoms with Crippen molar-refractivity contribution < 1.29 is 9.21 Å². The number of hydrogen-bond donors (Lipinski definition) is 1. The summed E-state index contributed by atoms with van der Waals surface area (Å²) in [4.78, 5) is 10.6. The molecule has 0 aliphatic rings. The molecule has 3 heteroatoms. The zero-order valence-electron chi connectivity index (χ0n) is 7.33. The minimum absolute atomic E-state index is 0.241. The average molecular weight is 167 g/mol. The molecule has 1 rings (SSSR count). The molecule has 0 aromatic carbocycles. The maximum absolute atomic E-state index is 10.6. The molecule has 1 heterocycles. The molecule has 0 radical (unpaired) electrons. The lowest BCUT2D eigenvalue weighted by Crippen LogP contribution is -2.09. The Labute approximate surface area is 71.6 Å². The van der Waals surface area contributed by atoms with Crippen molar-refractivity contribution in [3.63, 3.8) is 0 Å². The maximum Gasteiger partial charge on any atom is 0.284 e. The summed E-state index contributed by atoms with van der Waals surface area (Å²) in [5.41, 5.74) is 5.03. The van der Waals surface area contributed by atoms with Gasteiger partial charge in [-0.3, -0.25) is 4.79 Å². The van der Waals surface area contributed by atoms with Crippen LogP contribution in [0.15, 0.2) is 16.5 Å². The third kappa shape index (κ3) is 2.12. The summed E-state index contributed by atoms with van der Waals surface area (Å²) in [5, 5.41) is 0. The van der Waals surface area contributed by atoms with Crippen LogP contribution in [0.1, 0.15) is 30.2 Å². The van der Waals surface area contributed by atoms with E-state index in [0.717, 1.165) is 12.2 Å². The van der Waals surface area contributed by atoms with E-state index < -0.39 is 5.91 Å². The Hall–Kier alpha value is -1.25. The van der Waals surface area contributed by atoms with Crippen LogP contribution in [-0.4, -0.2) is 5.91 Å². The van der Waals surface area contributed by atoms with Crippen LogP contribution in [-0.2, 0) is 6.42 Å². The molecule has 0 saturated heterocycles.